The van der Waals surface area contributed by atoms with Crippen molar-refractivity contribution in [2.24, 2.45) is 28.3 Å². The van der Waals surface area contributed by atoms with E-state index in [2.05, 4.69) is 4.99 Å². The second-order valence-electron chi connectivity index (χ2n) is 9.81. The number of aliphatic carboxylic acids is 1. The molecule has 0 aromatic heterocycles. The van der Waals surface area contributed by atoms with E-state index >= 15 is 0 Å². The van der Waals surface area contributed by atoms with Crippen LogP contribution in [0.4, 0.5) is 0 Å². The third kappa shape index (κ3) is 4.27. The number of carboxylic acids is 1. The van der Waals surface area contributed by atoms with E-state index in [1.54, 1.807) is 6.92 Å². The highest BCUT2D eigenvalue weighted by Gasteiger charge is 2.60. The van der Waals surface area contributed by atoms with Crippen molar-refractivity contribution < 1.29 is 24.6 Å². The summed E-state index contributed by atoms with van der Waals surface area (Å²) < 4.78 is 0. The third-order valence-corrected chi connectivity index (χ3v) is 9.00. The number of nitrogens with zero attached hydrogens (tertiary/aromatic N) is 4. The predicted molar refractivity (Wildman–Crippen MR) is 127 cm³/mol. The molecule has 2 amide bonds. The van der Waals surface area contributed by atoms with Gasteiger partial charge in [0.15, 0.2) is 5.96 Å². The average Bonchev–Trinajstić information content (AvgIpc) is 3.23. The van der Waals surface area contributed by atoms with Crippen LogP contribution in [0.2, 0.25) is 0 Å². The first-order valence-electron chi connectivity index (χ1n) is 11.7. The molecule has 6 atom stereocenters. The number of aliphatic hydroxyl groups is 1. The first kappa shape index (κ1) is 24.8. The van der Waals surface area contributed by atoms with Gasteiger partial charge in [0.05, 0.1) is 30.1 Å². The molecule has 0 spiro atoms. The molecule has 4 heterocycles. The van der Waals surface area contributed by atoms with E-state index in [-0.39, 0.29) is 52.8 Å². The highest BCUT2D eigenvalue weighted by Crippen LogP contribution is 2.52. The standard InChI is InChI=1S/C22H34N6O5S/c1-10-16-15(11(2)29)20(31)28(16)17(21(32)33)18(10)34-13-8-14(26(3)9-13)19(30)27-6-4-12(5-7-27)25-22(23)24/h10-16,29H,4-9H2,1-3H3,(H,32,33)(H4,23,24,25)/t10-,11?,13+,14+,15-,16-/m1/s1. The van der Waals surface area contributed by atoms with Gasteiger partial charge in [0.2, 0.25) is 11.8 Å². The SMILES string of the molecule is CC(O)[C@H]1C(=O)N2C(C(=O)O)=C(S[C@H]3C[C@@H](C(=O)N4CCC(N=C(N)N)CC4)N(C)C3)[C@H](C)[C@H]12. The third-order valence-electron chi connectivity index (χ3n) is 7.51. The molecule has 12 heteroatoms. The molecule has 1 unspecified atom stereocenters. The van der Waals surface area contributed by atoms with Gasteiger partial charge in [-0.3, -0.25) is 19.5 Å². The minimum Gasteiger partial charge on any atom is -0.477 e. The molecule has 188 valence electrons. The van der Waals surface area contributed by atoms with Crippen LogP contribution in [-0.4, -0.2) is 105 Å². The molecular weight excluding hydrogens is 460 g/mol. The molecule has 0 radical (unpaired) electrons. The van der Waals surface area contributed by atoms with Crippen molar-refractivity contribution in [2.45, 2.75) is 62.6 Å². The summed E-state index contributed by atoms with van der Waals surface area (Å²) in [5.41, 5.74) is 11.0. The molecule has 4 rings (SSSR count). The Kier molecular flexibility index (Phi) is 6.85. The number of carbonyl (C=O) groups is 3. The summed E-state index contributed by atoms with van der Waals surface area (Å²) >= 11 is 1.47. The molecule has 4 aliphatic heterocycles. The first-order chi connectivity index (χ1) is 16.0. The fraction of sp³-hybridized carbons (Fsp3) is 0.727. The Morgan fingerprint density at radius 2 is 1.88 bits per heavy atom. The number of amides is 2. The topological polar surface area (TPSA) is 166 Å². The molecule has 0 aromatic carbocycles. The van der Waals surface area contributed by atoms with Gasteiger partial charge in [-0.05, 0) is 33.2 Å². The van der Waals surface area contributed by atoms with Gasteiger partial charge in [0.1, 0.15) is 5.70 Å². The van der Waals surface area contributed by atoms with Crippen LogP contribution in [0.3, 0.4) is 0 Å². The Labute approximate surface area is 203 Å². The Hall–Kier alpha value is -2.31. The maximum Gasteiger partial charge on any atom is 0.353 e. The minimum atomic E-state index is -1.13. The number of guanidine groups is 1. The molecule has 3 saturated heterocycles. The van der Waals surface area contributed by atoms with E-state index in [0.717, 1.165) is 12.8 Å². The van der Waals surface area contributed by atoms with Crippen LogP contribution in [-0.2, 0) is 14.4 Å². The molecular formula is C22H34N6O5S. The number of hydrogen-bond acceptors (Lipinski definition) is 7. The summed E-state index contributed by atoms with van der Waals surface area (Å²) in [6.07, 6.45) is 1.22. The molecule has 0 bridgehead atoms. The molecule has 6 N–H and O–H groups in total. The number of aliphatic hydroxyl groups excluding tert-OH is 1. The summed E-state index contributed by atoms with van der Waals surface area (Å²) in [5.74, 6) is -2.07. The summed E-state index contributed by atoms with van der Waals surface area (Å²) in [4.78, 5) is 48.0. The number of thioether (sulfide) groups is 1. The number of nitrogens with two attached hydrogens (primary N) is 2. The van der Waals surface area contributed by atoms with Crippen molar-refractivity contribution >= 4 is 35.5 Å². The Bertz CT molecular complexity index is 927. The smallest absolute Gasteiger partial charge is 0.353 e. The number of fused-ring (bicyclic) bond motifs is 1. The van der Waals surface area contributed by atoms with E-state index in [0.29, 0.717) is 31.0 Å². The van der Waals surface area contributed by atoms with Crippen LogP contribution in [0.1, 0.15) is 33.1 Å². The maximum atomic E-state index is 13.2. The van der Waals surface area contributed by atoms with Crippen LogP contribution in [0.25, 0.3) is 0 Å². The largest absolute Gasteiger partial charge is 0.477 e. The molecule has 0 aromatic rings. The van der Waals surface area contributed by atoms with Crippen molar-refractivity contribution in [3.05, 3.63) is 10.6 Å². The van der Waals surface area contributed by atoms with E-state index in [9.17, 15) is 24.6 Å². The molecule has 3 fully saturated rings. The van der Waals surface area contributed by atoms with Gasteiger partial charge in [-0.2, -0.15) is 0 Å². The molecule has 4 aliphatic rings. The van der Waals surface area contributed by atoms with Gasteiger partial charge in [-0.15, -0.1) is 11.8 Å². The number of β-lactam (4-membered cyclic amide) rings is 1. The van der Waals surface area contributed by atoms with Gasteiger partial charge in [-0.1, -0.05) is 6.92 Å². The average molecular weight is 495 g/mol. The predicted octanol–water partition coefficient (Wildman–Crippen LogP) is -0.790. The first-order valence-corrected chi connectivity index (χ1v) is 12.6. The van der Waals surface area contributed by atoms with Gasteiger partial charge in [0.25, 0.3) is 0 Å². The fourth-order valence-electron chi connectivity index (χ4n) is 5.82. The number of hydrogen-bond donors (Lipinski definition) is 4. The van der Waals surface area contributed by atoms with Crippen molar-refractivity contribution in [3.8, 4) is 0 Å². The van der Waals surface area contributed by atoms with Crippen LogP contribution in [0.5, 0.6) is 0 Å². The van der Waals surface area contributed by atoms with Crippen LogP contribution < -0.4 is 11.5 Å². The Morgan fingerprint density at radius 3 is 2.44 bits per heavy atom. The lowest BCUT2D eigenvalue weighted by Crippen LogP contribution is -2.63. The van der Waals surface area contributed by atoms with Gasteiger partial charge in [0, 0.05) is 35.7 Å². The van der Waals surface area contributed by atoms with Gasteiger partial charge < -0.3 is 31.5 Å². The number of carbonyl (C=O) groups excluding carboxylic acids is 2. The number of rotatable bonds is 6. The lowest BCUT2D eigenvalue weighted by atomic mass is 9.79. The van der Waals surface area contributed by atoms with E-state index < -0.39 is 18.0 Å². The normalized spacial score (nSPS) is 33.1. The van der Waals surface area contributed by atoms with Crippen molar-refractivity contribution in [1.82, 2.24) is 14.7 Å². The lowest BCUT2D eigenvalue weighted by Gasteiger charge is -2.46. The van der Waals surface area contributed by atoms with Gasteiger partial charge >= 0.3 is 5.97 Å². The highest BCUT2D eigenvalue weighted by molar-refractivity contribution is 8.03. The van der Waals surface area contributed by atoms with Crippen LogP contribution >= 0.6 is 11.8 Å². The summed E-state index contributed by atoms with van der Waals surface area (Å²) in [7, 11) is 1.92. The Morgan fingerprint density at radius 1 is 1.24 bits per heavy atom. The zero-order valence-electron chi connectivity index (χ0n) is 19.8. The Balaban J connectivity index is 1.42. The van der Waals surface area contributed by atoms with Crippen molar-refractivity contribution in [3.63, 3.8) is 0 Å². The van der Waals surface area contributed by atoms with E-state index in [4.69, 9.17) is 11.5 Å². The summed E-state index contributed by atoms with van der Waals surface area (Å²) in [5, 5.41) is 19.9. The lowest BCUT2D eigenvalue weighted by molar-refractivity contribution is -0.163. The van der Waals surface area contributed by atoms with Crippen LogP contribution in [0, 0.1) is 11.8 Å². The molecule has 11 nitrogen and oxygen atoms in total. The molecule has 0 saturated carbocycles. The number of likely N-dealkylation sites (tertiary alicyclic amines) is 2. The van der Waals surface area contributed by atoms with Crippen LogP contribution in [0.15, 0.2) is 15.6 Å². The minimum absolute atomic E-state index is 0.0311. The highest BCUT2D eigenvalue weighted by atomic mass is 32.2. The summed E-state index contributed by atoms with van der Waals surface area (Å²) in [6.45, 7) is 5.34. The zero-order valence-corrected chi connectivity index (χ0v) is 20.6. The quantitative estimate of drug-likeness (QED) is 0.210. The fourth-order valence-corrected chi connectivity index (χ4v) is 7.42. The number of likely N-dealkylation sites (N-methyl/N-ethyl adjacent to an activating group) is 1. The number of piperidine rings is 1. The van der Waals surface area contributed by atoms with Gasteiger partial charge in [-0.25, -0.2) is 4.79 Å². The number of carboxylic acid groups (broad SMARTS) is 1. The second-order valence-corrected chi connectivity index (χ2v) is 11.2. The molecule has 0 aliphatic carbocycles. The maximum absolute atomic E-state index is 13.2. The second kappa shape index (κ2) is 9.38. The van der Waals surface area contributed by atoms with Crippen molar-refractivity contribution in [2.75, 3.05) is 26.7 Å². The number of aliphatic imine (C=N–C) groups is 1. The summed E-state index contributed by atoms with van der Waals surface area (Å²) in [6, 6.07) is -0.557. The molecule has 34 heavy (non-hydrogen) atoms. The van der Waals surface area contributed by atoms with Crippen molar-refractivity contribution in [1.29, 1.82) is 0 Å². The van der Waals surface area contributed by atoms with E-state index in [1.165, 1.54) is 16.7 Å². The van der Waals surface area contributed by atoms with E-state index in [1.807, 2.05) is 23.8 Å². The monoisotopic (exact) mass is 494 g/mol. The zero-order chi connectivity index (χ0) is 24.9.